The zero-order valence-corrected chi connectivity index (χ0v) is 21.0. The minimum absolute atomic E-state index is 0.0280. The highest BCUT2D eigenvalue weighted by Gasteiger charge is 2.53. The number of amides is 1. The number of anilines is 1. The van der Waals surface area contributed by atoms with E-state index in [1.165, 1.54) is 36.8 Å². The maximum absolute atomic E-state index is 13.8. The van der Waals surface area contributed by atoms with Crippen LogP contribution in [0.15, 0.2) is 47.4 Å². The number of carbonyl (C=O) groups excluding carboxylic acids is 1. The van der Waals surface area contributed by atoms with Crippen molar-refractivity contribution in [2.75, 3.05) is 24.5 Å². The molecule has 0 N–H and O–H groups in total. The highest BCUT2D eigenvalue weighted by atomic mass is 32.2. The van der Waals surface area contributed by atoms with Crippen LogP contribution >= 0.6 is 0 Å². The molecule has 2 aromatic carbocycles. The molecule has 3 fully saturated rings. The Bertz CT molecular complexity index is 1250. The first-order chi connectivity index (χ1) is 16.2. The van der Waals surface area contributed by atoms with E-state index in [0.29, 0.717) is 36.5 Å². The lowest BCUT2D eigenvalue weighted by Crippen LogP contribution is -2.40. The topological polar surface area (TPSA) is 57.7 Å². The number of carbonyl (C=O) groups is 1. The van der Waals surface area contributed by atoms with E-state index in [4.69, 9.17) is 0 Å². The van der Waals surface area contributed by atoms with Gasteiger partial charge in [-0.15, -0.1) is 0 Å². The number of benzene rings is 2. The minimum Gasteiger partial charge on any atom is -0.307 e. The molecule has 2 saturated carbocycles. The van der Waals surface area contributed by atoms with Gasteiger partial charge in [-0.1, -0.05) is 30.7 Å². The molecule has 0 aromatic heterocycles. The summed E-state index contributed by atoms with van der Waals surface area (Å²) in [6.07, 6.45) is 8.39. The van der Waals surface area contributed by atoms with E-state index in [2.05, 4.69) is 32.0 Å². The number of hydrogen-bond acceptors (Lipinski definition) is 3. The molecular formula is C28H34N2O3S. The Morgan fingerprint density at radius 1 is 1.00 bits per heavy atom. The van der Waals surface area contributed by atoms with Crippen LogP contribution in [-0.2, 0) is 15.4 Å². The monoisotopic (exact) mass is 478 g/mol. The lowest BCUT2D eigenvalue weighted by Gasteiger charge is -2.38. The zero-order chi connectivity index (χ0) is 23.7. The number of aryl methyl sites for hydroxylation is 1. The average Bonchev–Trinajstić information content (AvgIpc) is 3.32. The van der Waals surface area contributed by atoms with Crippen molar-refractivity contribution in [3.8, 4) is 0 Å². The summed E-state index contributed by atoms with van der Waals surface area (Å²) in [6.45, 7) is 5.99. The molecule has 4 aliphatic rings. The van der Waals surface area contributed by atoms with Gasteiger partial charge in [-0.2, -0.15) is 4.31 Å². The number of rotatable bonds is 3. The van der Waals surface area contributed by atoms with Crippen molar-refractivity contribution in [3.05, 3.63) is 59.2 Å². The molecule has 5 nitrogen and oxygen atoms in total. The third-order valence-corrected chi connectivity index (χ3v) is 10.9. The third-order valence-electron chi connectivity index (χ3n) is 9.05. The van der Waals surface area contributed by atoms with Gasteiger partial charge in [0.1, 0.15) is 0 Å². The van der Waals surface area contributed by atoms with Crippen LogP contribution in [0, 0.1) is 18.3 Å². The van der Waals surface area contributed by atoms with E-state index in [1.54, 1.807) is 28.6 Å². The molecule has 1 amide bonds. The molecule has 1 saturated heterocycles. The summed E-state index contributed by atoms with van der Waals surface area (Å²) >= 11 is 0. The van der Waals surface area contributed by atoms with E-state index in [1.807, 2.05) is 4.90 Å². The van der Waals surface area contributed by atoms with E-state index in [9.17, 15) is 13.2 Å². The van der Waals surface area contributed by atoms with E-state index in [0.717, 1.165) is 24.9 Å². The van der Waals surface area contributed by atoms with Crippen LogP contribution in [-0.4, -0.2) is 38.3 Å². The van der Waals surface area contributed by atoms with Crippen molar-refractivity contribution < 1.29 is 13.2 Å². The lowest BCUT2D eigenvalue weighted by atomic mass is 9.66. The lowest BCUT2D eigenvalue weighted by molar-refractivity contribution is 0.0980. The van der Waals surface area contributed by atoms with Gasteiger partial charge < -0.3 is 4.90 Å². The summed E-state index contributed by atoms with van der Waals surface area (Å²) in [5.41, 5.74) is 4.61. The summed E-state index contributed by atoms with van der Waals surface area (Å²) in [6, 6.07) is 13.1. The summed E-state index contributed by atoms with van der Waals surface area (Å²) in [5.74, 6) is 0.270. The van der Waals surface area contributed by atoms with Crippen LogP contribution in [0.4, 0.5) is 5.69 Å². The molecule has 2 aliphatic heterocycles. The van der Waals surface area contributed by atoms with Gasteiger partial charge in [0.05, 0.1) is 4.90 Å². The van der Waals surface area contributed by atoms with Crippen molar-refractivity contribution in [3.63, 3.8) is 0 Å². The van der Waals surface area contributed by atoms with E-state index >= 15 is 0 Å². The van der Waals surface area contributed by atoms with Gasteiger partial charge in [-0.05, 0) is 93.0 Å². The fourth-order valence-corrected chi connectivity index (χ4v) is 8.16. The zero-order valence-electron chi connectivity index (χ0n) is 20.2. The molecular weight excluding hydrogens is 444 g/mol. The Morgan fingerprint density at radius 3 is 2.41 bits per heavy atom. The summed E-state index contributed by atoms with van der Waals surface area (Å²) in [4.78, 5) is 16.0. The SMILES string of the molecule is Cc1ccc2c(c1)C1(CCC3(CC3)CC1)CN2C(=O)c1cccc(S(=O)(=O)N2CC[C@H](C)C2)c1. The van der Waals surface area contributed by atoms with Gasteiger partial charge in [0, 0.05) is 36.3 Å². The van der Waals surface area contributed by atoms with E-state index in [-0.39, 0.29) is 16.2 Å². The Kier molecular flexibility index (Phi) is 5.02. The van der Waals surface area contributed by atoms with E-state index < -0.39 is 10.0 Å². The standard InChI is InChI=1S/C28H34N2O3S/c1-20-6-7-25-24(16-20)28(13-11-27(9-10-27)12-14-28)19-30(25)26(31)22-4-3-5-23(17-22)34(32,33)29-15-8-21(2)18-29/h3-7,16-17,21H,8-15,18-19H2,1-2H3/t21-/m0/s1. The Hall–Kier alpha value is -2.18. The molecule has 2 aromatic rings. The van der Waals surface area contributed by atoms with Crippen molar-refractivity contribution in [1.82, 2.24) is 4.31 Å². The Morgan fingerprint density at radius 2 is 1.74 bits per heavy atom. The normalized spacial score (nSPS) is 25.1. The molecule has 0 radical (unpaired) electrons. The number of nitrogens with zero attached hydrogens (tertiary/aromatic N) is 2. The van der Waals surface area contributed by atoms with Gasteiger partial charge in [0.15, 0.2) is 0 Å². The van der Waals surface area contributed by atoms with Crippen LogP contribution in [0.3, 0.4) is 0 Å². The highest BCUT2D eigenvalue weighted by molar-refractivity contribution is 7.89. The van der Waals surface area contributed by atoms with Crippen LogP contribution in [0.25, 0.3) is 0 Å². The molecule has 6 rings (SSSR count). The second-order valence-corrected chi connectivity index (χ2v) is 13.4. The third kappa shape index (κ3) is 3.53. The van der Waals surface area contributed by atoms with Crippen molar-refractivity contribution >= 4 is 21.6 Å². The van der Waals surface area contributed by atoms with Crippen LogP contribution in [0.1, 0.15) is 73.4 Å². The molecule has 2 heterocycles. The van der Waals surface area contributed by atoms with Crippen molar-refractivity contribution in [1.29, 1.82) is 0 Å². The maximum Gasteiger partial charge on any atom is 0.258 e. The summed E-state index contributed by atoms with van der Waals surface area (Å²) in [5, 5.41) is 0. The Balaban J connectivity index is 1.32. The largest absolute Gasteiger partial charge is 0.307 e. The fraction of sp³-hybridized carbons (Fsp3) is 0.536. The second-order valence-electron chi connectivity index (χ2n) is 11.5. The number of hydrogen-bond donors (Lipinski definition) is 0. The quantitative estimate of drug-likeness (QED) is 0.603. The van der Waals surface area contributed by atoms with Crippen LogP contribution < -0.4 is 4.90 Å². The predicted octanol–water partition coefficient (Wildman–Crippen LogP) is 5.28. The molecule has 0 unspecified atom stereocenters. The van der Waals surface area contributed by atoms with Crippen molar-refractivity contribution in [2.45, 2.75) is 69.1 Å². The van der Waals surface area contributed by atoms with Gasteiger partial charge in [-0.3, -0.25) is 4.79 Å². The Labute approximate surface area is 203 Å². The molecule has 2 aliphatic carbocycles. The first kappa shape index (κ1) is 22.3. The van der Waals surface area contributed by atoms with Gasteiger partial charge >= 0.3 is 0 Å². The van der Waals surface area contributed by atoms with Crippen LogP contribution in [0.2, 0.25) is 0 Å². The smallest absolute Gasteiger partial charge is 0.258 e. The molecule has 6 heteroatoms. The molecule has 2 spiro atoms. The first-order valence-electron chi connectivity index (χ1n) is 12.7. The highest BCUT2D eigenvalue weighted by Crippen LogP contribution is 2.62. The second kappa shape index (κ2) is 7.66. The van der Waals surface area contributed by atoms with Gasteiger partial charge in [0.2, 0.25) is 10.0 Å². The number of fused-ring (bicyclic) bond motifs is 2. The summed E-state index contributed by atoms with van der Waals surface area (Å²) < 4.78 is 28.0. The summed E-state index contributed by atoms with van der Waals surface area (Å²) in [7, 11) is -3.59. The first-order valence-corrected chi connectivity index (χ1v) is 14.2. The van der Waals surface area contributed by atoms with Gasteiger partial charge in [0.25, 0.3) is 5.91 Å². The van der Waals surface area contributed by atoms with Gasteiger partial charge in [-0.25, -0.2) is 8.42 Å². The molecule has 180 valence electrons. The molecule has 1 atom stereocenters. The molecule has 34 heavy (non-hydrogen) atoms. The minimum atomic E-state index is -3.59. The fourth-order valence-electron chi connectivity index (χ4n) is 6.53. The van der Waals surface area contributed by atoms with Crippen LogP contribution in [0.5, 0.6) is 0 Å². The number of sulfonamides is 1. The maximum atomic E-state index is 13.8. The predicted molar refractivity (Wildman–Crippen MR) is 134 cm³/mol. The molecule has 0 bridgehead atoms. The van der Waals surface area contributed by atoms with Crippen molar-refractivity contribution in [2.24, 2.45) is 11.3 Å². The average molecular weight is 479 g/mol.